The Labute approximate surface area is 305 Å². The Balaban J connectivity index is 1.58. The maximum atomic E-state index is 13.7. The highest BCUT2D eigenvalue weighted by molar-refractivity contribution is 7.99. The molecule has 0 radical (unpaired) electrons. The van der Waals surface area contributed by atoms with E-state index in [9.17, 15) is 79.0 Å². The number of halogens is 18. The van der Waals surface area contributed by atoms with Gasteiger partial charge in [-0.3, -0.25) is 0 Å². The fraction of sp³-hybridized carbons (Fsp3) is 0.625. The van der Waals surface area contributed by atoms with Gasteiger partial charge in [0.2, 0.25) is 0 Å². The van der Waals surface area contributed by atoms with E-state index in [1.54, 1.807) is 0 Å². The fourth-order valence-electron chi connectivity index (χ4n) is 4.28. The van der Waals surface area contributed by atoms with Crippen molar-refractivity contribution >= 4 is 23.5 Å². The largest absolute Gasteiger partial charge is 0.494 e. The van der Waals surface area contributed by atoms with Crippen LogP contribution in [-0.2, 0) is 0 Å². The molecule has 0 aliphatic rings. The van der Waals surface area contributed by atoms with Gasteiger partial charge in [-0.25, -0.2) is 0 Å². The van der Waals surface area contributed by atoms with Crippen LogP contribution < -0.4 is 9.47 Å². The lowest BCUT2D eigenvalue weighted by molar-refractivity contribution is -0.396. The third-order valence-corrected chi connectivity index (χ3v) is 9.54. The van der Waals surface area contributed by atoms with Crippen molar-refractivity contribution < 1.29 is 88.5 Å². The van der Waals surface area contributed by atoms with Gasteiger partial charge in [0.1, 0.15) is 11.5 Å². The van der Waals surface area contributed by atoms with E-state index < -0.39 is 72.2 Å². The van der Waals surface area contributed by atoms with E-state index in [0.717, 1.165) is 25.7 Å². The Morgan fingerprint density at radius 3 is 0.926 bits per heavy atom. The SMILES string of the molecule is FC(F)(F)C(F)(F)C(F)(F)C(F)(F)CCSc1ccc(OCCCCCCCCOc2ccc(SCCC(F)(F)C(F)(F)C(F)(F)C(F)(F)F)cc2)cc1. The second-order valence-corrected chi connectivity index (χ2v) is 14.0. The Bertz CT molecular complexity index is 1310. The molecule has 2 aromatic carbocycles. The summed E-state index contributed by atoms with van der Waals surface area (Å²) in [7, 11) is 0. The van der Waals surface area contributed by atoms with Crippen LogP contribution >= 0.6 is 23.5 Å². The van der Waals surface area contributed by atoms with Gasteiger partial charge in [-0.1, -0.05) is 25.7 Å². The van der Waals surface area contributed by atoms with E-state index >= 15 is 0 Å². The smallest absolute Gasteiger partial charge is 0.460 e. The van der Waals surface area contributed by atoms with E-state index in [-0.39, 0.29) is 9.79 Å². The summed E-state index contributed by atoms with van der Waals surface area (Å²) in [4.78, 5) is 0.506. The second-order valence-electron chi connectivity index (χ2n) is 11.7. The molecule has 0 amide bonds. The molecule has 0 heterocycles. The Morgan fingerprint density at radius 1 is 0.370 bits per heavy atom. The summed E-state index contributed by atoms with van der Waals surface area (Å²) < 4.78 is 244. The summed E-state index contributed by atoms with van der Waals surface area (Å²) in [6.07, 6.45) is -13.1. The molecule has 0 spiro atoms. The molecule has 2 rings (SSSR count). The lowest BCUT2D eigenvalue weighted by atomic mass is 10.0. The highest BCUT2D eigenvalue weighted by atomic mass is 32.2. The zero-order valence-corrected chi connectivity index (χ0v) is 29.2. The minimum absolute atomic E-state index is 0.253. The maximum absolute atomic E-state index is 13.7. The van der Waals surface area contributed by atoms with Gasteiger partial charge >= 0.3 is 47.9 Å². The second kappa shape index (κ2) is 18.6. The molecule has 0 N–H and O–H groups in total. The van der Waals surface area contributed by atoms with Gasteiger partial charge in [0.05, 0.1) is 13.2 Å². The lowest BCUT2D eigenvalue weighted by Crippen LogP contribution is -2.60. The molecule has 0 unspecified atom stereocenters. The Kier molecular flexibility index (Phi) is 16.4. The molecule has 0 fully saturated rings. The molecule has 0 atom stereocenters. The molecule has 0 saturated carbocycles. The molecule has 310 valence electrons. The molecule has 0 aliphatic carbocycles. The molecule has 0 bridgehead atoms. The summed E-state index contributed by atoms with van der Waals surface area (Å²) in [5, 5.41) is 0. The van der Waals surface area contributed by atoms with E-state index in [2.05, 4.69) is 0 Å². The number of thioether (sulfide) groups is 2. The van der Waals surface area contributed by atoms with Crippen LogP contribution in [0.15, 0.2) is 58.3 Å². The minimum Gasteiger partial charge on any atom is -0.494 e. The first kappa shape index (κ1) is 47.6. The maximum Gasteiger partial charge on any atom is 0.460 e. The van der Waals surface area contributed by atoms with Crippen molar-refractivity contribution in [1.82, 2.24) is 0 Å². The van der Waals surface area contributed by atoms with Gasteiger partial charge in [-0.2, -0.15) is 79.0 Å². The zero-order chi connectivity index (χ0) is 41.3. The standard InChI is InChI=1S/C32H32F18O2S2/c33-25(34,27(37,38)29(41,42)31(45,46)47)15-19-53-23-11-7-21(8-12-23)51-17-5-3-1-2-4-6-18-52-22-9-13-24(14-10-22)54-20-16-26(35,36)28(39,40)30(43,44)32(48,49)50/h7-14H,1-6,15-20H2. The lowest BCUT2D eigenvalue weighted by Gasteiger charge is -2.33. The van der Waals surface area contributed by atoms with Crippen molar-refractivity contribution in [2.24, 2.45) is 0 Å². The minimum atomic E-state index is -6.92. The van der Waals surface area contributed by atoms with Crippen molar-refractivity contribution in [2.45, 2.75) is 109 Å². The number of benzene rings is 2. The predicted octanol–water partition coefficient (Wildman–Crippen LogP) is 13.4. The van der Waals surface area contributed by atoms with Crippen LogP contribution in [0.25, 0.3) is 0 Å². The first-order valence-electron chi connectivity index (χ1n) is 15.7. The van der Waals surface area contributed by atoms with Gasteiger partial charge in [0.15, 0.2) is 0 Å². The van der Waals surface area contributed by atoms with E-state index in [4.69, 9.17) is 9.47 Å². The summed E-state index contributed by atoms with van der Waals surface area (Å²) in [5.74, 6) is -39.4. The van der Waals surface area contributed by atoms with Crippen LogP contribution in [0.1, 0.15) is 51.4 Å². The average molecular weight is 855 g/mol. The highest BCUT2D eigenvalue weighted by Crippen LogP contribution is 2.55. The molecule has 2 nitrogen and oxygen atoms in total. The Morgan fingerprint density at radius 2 is 0.648 bits per heavy atom. The van der Waals surface area contributed by atoms with Crippen molar-refractivity contribution in [3.63, 3.8) is 0 Å². The molecule has 0 aliphatic heterocycles. The fourth-order valence-corrected chi connectivity index (χ4v) is 6.12. The molecule has 2 aromatic rings. The van der Waals surface area contributed by atoms with Crippen molar-refractivity contribution in [1.29, 1.82) is 0 Å². The third-order valence-electron chi connectivity index (χ3n) is 7.51. The highest BCUT2D eigenvalue weighted by Gasteiger charge is 2.82. The van der Waals surface area contributed by atoms with Gasteiger partial charge < -0.3 is 9.47 Å². The summed E-state index contributed by atoms with van der Waals surface area (Å²) in [5.41, 5.74) is 0. The van der Waals surface area contributed by atoms with E-state index in [0.29, 0.717) is 61.1 Å². The quantitative estimate of drug-likeness (QED) is 0.0629. The van der Waals surface area contributed by atoms with Crippen LogP contribution in [0.3, 0.4) is 0 Å². The number of ether oxygens (including phenoxy) is 2. The molecule has 22 heteroatoms. The zero-order valence-electron chi connectivity index (χ0n) is 27.5. The first-order valence-corrected chi connectivity index (χ1v) is 17.7. The van der Waals surface area contributed by atoms with Crippen molar-refractivity contribution in [3.8, 4) is 11.5 Å². The van der Waals surface area contributed by atoms with Crippen LogP contribution in [0.2, 0.25) is 0 Å². The van der Waals surface area contributed by atoms with Gasteiger partial charge in [0.25, 0.3) is 0 Å². The number of hydrogen-bond acceptors (Lipinski definition) is 4. The Hall–Kier alpha value is -2.52. The van der Waals surface area contributed by atoms with E-state index in [1.165, 1.54) is 48.5 Å². The topological polar surface area (TPSA) is 18.5 Å². The summed E-state index contributed by atoms with van der Waals surface area (Å²) in [6.45, 7) is 0.614. The van der Waals surface area contributed by atoms with Crippen LogP contribution in [0.5, 0.6) is 11.5 Å². The van der Waals surface area contributed by atoms with E-state index in [1.807, 2.05) is 0 Å². The summed E-state index contributed by atoms with van der Waals surface area (Å²) in [6, 6.07) is 11.2. The van der Waals surface area contributed by atoms with Gasteiger partial charge in [0, 0.05) is 34.1 Å². The molecular weight excluding hydrogens is 822 g/mol. The number of unbranched alkanes of at least 4 members (excludes halogenated alkanes) is 5. The predicted molar refractivity (Wildman–Crippen MR) is 164 cm³/mol. The van der Waals surface area contributed by atoms with Crippen molar-refractivity contribution in [3.05, 3.63) is 48.5 Å². The molecule has 0 saturated heterocycles. The number of hydrogen-bond donors (Lipinski definition) is 0. The van der Waals surface area contributed by atoms with Crippen LogP contribution in [0.4, 0.5) is 79.0 Å². The molecule has 0 aromatic heterocycles. The molecular formula is C32H32F18O2S2. The van der Waals surface area contributed by atoms with Gasteiger partial charge in [-0.15, -0.1) is 23.5 Å². The average Bonchev–Trinajstić information content (AvgIpc) is 3.05. The van der Waals surface area contributed by atoms with Crippen LogP contribution in [0, 0.1) is 0 Å². The molecule has 54 heavy (non-hydrogen) atoms. The third kappa shape index (κ3) is 12.0. The normalized spacial score (nSPS) is 14.0. The van der Waals surface area contributed by atoms with Crippen LogP contribution in [-0.4, -0.2) is 72.6 Å². The first-order chi connectivity index (χ1) is 24.6. The summed E-state index contributed by atoms with van der Waals surface area (Å²) >= 11 is 1.10. The number of alkyl halides is 18. The monoisotopic (exact) mass is 854 g/mol. The van der Waals surface area contributed by atoms with Gasteiger partial charge in [-0.05, 0) is 61.4 Å². The van der Waals surface area contributed by atoms with Crippen molar-refractivity contribution in [2.75, 3.05) is 24.7 Å². The number of rotatable bonds is 23.